The second-order valence-corrected chi connectivity index (χ2v) is 12.8. The quantitative estimate of drug-likeness (QED) is 0.158. The van der Waals surface area contributed by atoms with Gasteiger partial charge in [0.05, 0.1) is 22.8 Å². The molecule has 0 bridgehead atoms. The van der Waals surface area contributed by atoms with Crippen LogP contribution in [-0.4, -0.2) is 29.9 Å². The lowest BCUT2D eigenvalue weighted by Crippen LogP contribution is -2.01. The average molecular weight is 693 g/mol. The molecular weight excluding hydrogens is 661 g/mol. The number of nitrogens with zero attached hydrogens (tertiary/aromatic N) is 6. The average Bonchev–Trinajstić information content (AvgIpc) is 3.27. The molecule has 0 unspecified atom stereocenters. The zero-order valence-electron chi connectivity index (χ0n) is 29.2. The van der Waals surface area contributed by atoms with E-state index in [-0.39, 0.29) is 0 Å². The van der Waals surface area contributed by atoms with Gasteiger partial charge in [-0.25, -0.2) is 19.9 Å². The summed E-state index contributed by atoms with van der Waals surface area (Å²) in [6, 6.07) is 61.6. The van der Waals surface area contributed by atoms with Crippen molar-refractivity contribution in [2.45, 2.75) is 0 Å². The van der Waals surface area contributed by atoms with Crippen LogP contribution in [0, 0.1) is 0 Å². The molecule has 4 heterocycles. The summed E-state index contributed by atoms with van der Waals surface area (Å²) >= 11 is 0. The van der Waals surface area contributed by atoms with Gasteiger partial charge in [0, 0.05) is 29.1 Å². The van der Waals surface area contributed by atoms with Crippen LogP contribution in [0.5, 0.6) is 0 Å². The first kappa shape index (κ1) is 32.5. The van der Waals surface area contributed by atoms with Crippen LogP contribution in [-0.2, 0) is 0 Å². The zero-order valence-corrected chi connectivity index (χ0v) is 29.2. The molecule has 254 valence electrons. The van der Waals surface area contributed by atoms with E-state index in [2.05, 4.69) is 96.0 Å². The minimum Gasteiger partial charge on any atom is -0.255 e. The number of pyridine rings is 3. The number of aromatic nitrogens is 6. The van der Waals surface area contributed by atoms with E-state index in [0.717, 1.165) is 72.8 Å². The highest BCUT2D eigenvalue weighted by Gasteiger charge is 2.16. The van der Waals surface area contributed by atoms with E-state index in [9.17, 15) is 0 Å². The largest absolute Gasteiger partial charge is 0.255 e. The molecule has 0 aliphatic rings. The molecule has 0 spiro atoms. The van der Waals surface area contributed by atoms with Gasteiger partial charge in [-0.05, 0) is 88.0 Å². The first-order valence-corrected chi connectivity index (χ1v) is 17.8. The van der Waals surface area contributed by atoms with Crippen molar-refractivity contribution in [3.05, 3.63) is 194 Å². The molecular formula is C48H32N6. The van der Waals surface area contributed by atoms with Crippen molar-refractivity contribution in [2.75, 3.05) is 0 Å². The first-order valence-electron chi connectivity index (χ1n) is 17.8. The van der Waals surface area contributed by atoms with E-state index in [1.807, 2.05) is 97.2 Å². The second kappa shape index (κ2) is 14.7. The standard InChI is InChI=1S/C48H32N6/c1-5-15-33(16-6-1)38-27-39(34-17-7-2-8-18-34)29-41(28-38)48-53-46(36-21-11-4-12-22-36)52-47(54-48)37-24-25-43(50-32-37)45-31-40(35-19-9-3-10-20-35)30-44(51-45)42-23-13-14-26-49-42/h1-32H. The molecule has 6 heteroatoms. The Morgan fingerprint density at radius 1 is 0.241 bits per heavy atom. The highest BCUT2D eigenvalue weighted by atomic mass is 15.0. The van der Waals surface area contributed by atoms with Gasteiger partial charge in [-0.3, -0.25) is 9.97 Å². The maximum absolute atomic E-state index is 5.09. The fourth-order valence-corrected chi connectivity index (χ4v) is 6.48. The summed E-state index contributed by atoms with van der Waals surface area (Å²) in [5.41, 5.74) is 12.1. The monoisotopic (exact) mass is 692 g/mol. The third-order valence-corrected chi connectivity index (χ3v) is 9.22. The van der Waals surface area contributed by atoms with Crippen LogP contribution in [0.1, 0.15) is 0 Å². The Bertz CT molecular complexity index is 2550. The predicted molar refractivity (Wildman–Crippen MR) is 217 cm³/mol. The van der Waals surface area contributed by atoms with Crippen LogP contribution in [0.15, 0.2) is 194 Å². The number of hydrogen-bond donors (Lipinski definition) is 0. The van der Waals surface area contributed by atoms with E-state index >= 15 is 0 Å². The topological polar surface area (TPSA) is 77.3 Å². The highest BCUT2D eigenvalue weighted by molar-refractivity contribution is 5.81. The third-order valence-electron chi connectivity index (χ3n) is 9.22. The summed E-state index contributed by atoms with van der Waals surface area (Å²) in [6.45, 7) is 0. The highest BCUT2D eigenvalue weighted by Crippen LogP contribution is 2.34. The van der Waals surface area contributed by atoms with Crippen molar-refractivity contribution in [2.24, 2.45) is 0 Å². The molecule has 0 N–H and O–H groups in total. The van der Waals surface area contributed by atoms with Crippen molar-refractivity contribution in [1.82, 2.24) is 29.9 Å². The van der Waals surface area contributed by atoms with Gasteiger partial charge in [-0.2, -0.15) is 0 Å². The predicted octanol–water partition coefficient (Wildman–Crippen LogP) is 11.4. The van der Waals surface area contributed by atoms with Crippen LogP contribution in [0.3, 0.4) is 0 Å². The van der Waals surface area contributed by atoms with Gasteiger partial charge < -0.3 is 0 Å². The summed E-state index contributed by atoms with van der Waals surface area (Å²) in [5, 5.41) is 0. The van der Waals surface area contributed by atoms with E-state index in [4.69, 9.17) is 24.9 Å². The molecule has 9 aromatic rings. The summed E-state index contributed by atoms with van der Waals surface area (Å²) < 4.78 is 0. The SMILES string of the molecule is c1ccc(-c2cc(-c3ccccc3)cc(-c3nc(-c4ccccc4)nc(-c4ccc(-c5cc(-c6ccccc6)cc(-c6ccccn6)n5)nc4)n3)c2)cc1. The van der Waals surface area contributed by atoms with Gasteiger partial charge in [0.25, 0.3) is 0 Å². The van der Waals surface area contributed by atoms with E-state index in [0.29, 0.717) is 17.5 Å². The molecule has 9 rings (SSSR count). The number of benzene rings is 5. The van der Waals surface area contributed by atoms with Gasteiger partial charge >= 0.3 is 0 Å². The van der Waals surface area contributed by atoms with Crippen molar-refractivity contribution in [3.63, 3.8) is 0 Å². The maximum atomic E-state index is 5.09. The van der Waals surface area contributed by atoms with E-state index < -0.39 is 0 Å². The van der Waals surface area contributed by atoms with Gasteiger partial charge in [0.1, 0.15) is 0 Å². The summed E-state index contributed by atoms with van der Waals surface area (Å²) in [6.07, 6.45) is 3.60. The molecule has 4 aromatic heterocycles. The van der Waals surface area contributed by atoms with Gasteiger partial charge in [-0.15, -0.1) is 0 Å². The van der Waals surface area contributed by atoms with Gasteiger partial charge in [0.15, 0.2) is 17.5 Å². The Labute approximate surface area is 313 Å². The Hall–Kier alpha value is -7.44. The first-order chi connectivity index (χ1) is 26.7. The lowest BCUT2D eigenvalue weighted by molar-refractivity contribution is 1.07. The van der Waals surface area contributed by atoms with E-state index in [1.165, 1.54) is 0 Å². The third kappa shape index (κ3) is 6.92. The van der Waals surface area contributed by atoms with Crippen LogP contribution < -0.4 is 0 Å². The molecule has 0 aliphatic carbocycles. The van der Waals surface area contributed by atoms with Crippen LogP contribution >= 0.6 is 0 Å². The van der Waals surface area contributed by atoms with Crippen LogP contribution in [0.25, 0.3) is 90.3 Å². The molecule has 54 heavy (non-hydrogen) atoms. The molecule has 0 saturated heterocycles. The summed E-state index contributed by atoms with van der Waals surface area (Å²) in [5.74, 6) is 1.70. The summed E-state index contributed by atoms with van der Waals surface area (Å²) in [7, 11) is 0. The molecule has 0 saturated carbocycles. The Morgan fingerprint density at radius 3 is 1.15 bits per heavy atom. The summed E-state index contributed by atoms with van der Waals surface area (Å²) in [4.78, 5) is 29.6. The Kier molecular flexibility index (Phi) is 8.81. The van der Waals surface area contributed by atoms with Crippen LogP contribution in [0.4, 0.5) is 0 Å². The van der Waals surface area contributed by atoms with Crippen molar-refractivity contribution in [1.29, 1.82) is 0 Å². The molecule has 0 radical (unpaired) electrons. The minimum absolute atomic E-state index is 0.532. The number of hydrogen-bond acceptors (Lipinski definition) is 6. The molecule has 0 aliphatic heterocycles. The maximum Gasteiger partial charge on any atom is 0.165 e. The lowest BCUT2D eigenvalue weighted by Gasteiger charge is -2.13. The van der Waals surface area contributed by atoms with Crippen molar-refractivity contribution < 1.29 is 0 Å². The Balaban J connectivity index is 1.16. The molecule has 0 amide bonds. The van der Waals surface area contributed by atoms with Crippen molar-refractivity contribution >= 4 is 0 Å². The zero-order chi connectivity index (χ0) is 36.1. The molecule has 0 atom stereocenters. The minimum atomic E-state index is 0.532. The lowest BCUT2D eigenvalue weighted by atomic mass is 9.96. The normalized spacial score (nSPS) is 11.0. The molecule has 5 aromatic carbocycles. The van der Waals surface area contributed by atoms with E-state index in [1.54, 1.807) is 6.20 Å². The van der Waals surface area contributed by atoms with Crippen LogP contribution in [0.2, 0.25) is 0 Å². The molecule has 6 nitrogen and oxygen atoms in total. The second-order valence-electron chi connectivity index (χ2n) is 12.8. The number of rotatable bonds is 8. The fourth-order valence-electron chi connectivity index (χ4n) is 6.48. The molecule has 0 fully saturated rings. The van der Waals surface area contributed by atoms with Gasteiger partial charge in [0.2, 0.25) is 0 Å². The van der Waals surface area contributed by atoms with Crippen molar-refractivity contribution in [3.8, 4) is 90.3 Å². The fraction of sp³-hybridized carbons (Fsp3) is 0. The van der Waals surface area contributed by atoms with Gasteiger partial charge in [-0.1, -0.05) is 127 Å². The Morgan fingerprint density at radius 2 is 0.667 bits per heavy atom. The smallest absolute Gasteiger partial charge is 0.165 e.